The van der Waals surface area contributed by atoms with Gasteiger partial charge in [0.05, 0.1) is 19.4 Å². The number of carbonyl (C=O) groups is 2. The van der Waals surface area contributed by atoms with E-state index in [1.807, 2.05) is 25.1 Å². The van der Waals surface area contributed by atoms with E-state index in [1.165, 1.54) is 0 Å². The highest BCUT2D eigenvalue weighted by Gasteiger charge is 2.55. The maximum atomic E-state index is 12.0. The molecule has 0 aromatic carbocycles. The molecule has 1 saturated carbocycles. The van der Waals surface area contributed by atoms with E-state index >= 15 is 0 Å². The topological polar surface area (TPSA) is 95.9 Å². The molecule has 0 spiro atoms. The van der Waals surface area contributed by atoms with Crippen molar-refractivity contribution >= 4 is 11.9 Å². The molecule has 1 unspecified atom stereocenters. The second kappa shape index (κ2) is 8.95. The third-order valence-corrected chi connectivity index (χ3v) is 5.33. The number of amides is 1. The van der Waals surface area contributed by atoms with Gasteiger partial charge in [0.25, 0.3) is 0 Å². The Labute approximate surface area is 170 Å². The van der Waals surface area contributed by atoms with Crippen molar-refractivity contribution in [3.05, 3.63) is 47.8 Å². The van der Waals surface area contributed by atoms with Crippen molar-refractivity contribution in [3.63, 3.8) is 0 Å². The van der Waals surface area contributed by atoms with Crippen molar-refractivity contribution in [1.29, 1.82) is 0 Å². The Kier molecular flexibility index (Phi) is 6.55. The highest BCUT2D eigenvalue weighted by atomic mass is 19.4. The van der Waals surface area contributed by atoms with E-state index in [2.05, 4.69) is 16.3 Å². The van der Waals surface area contributed by atoms with Gasteiger partial charge < -0.3 is 19.3 Å². The normalized spacial score (nSPS) is 22.7. The number of furan rings is 2. The SMILES string of the molecule is Cc1ccc(CN2C[C@@H]3C(CC(=O)NCc4ccco4)[C@@H]3C2)o1.O=C(O)C(F)(F)F. The molecule has 3 atom stereocenters. The Morgan fingerprint density at radius 3 is 2.37 bits per heavy atom. The second-order valence-corrected chi connectivity index (χ2v) is 7.56. The molecule has 2 aromatic rings. The van der Waals surface area contributed by atoms with E-state index in [0.29, 0.717) is 30.7 Å². The molecule has 2 aromatic heterocycles. The quantitative estimate of drug-likeness (QED) is 0.734. The van der Waals surface area contributed by atoms with Gasteiger partial charge in [0, 0.05) is 19.5 Å². The molecule has 0 bridgehead atoms. The number of hydrogen-bond donors (Lipinski definition) is 2. The highest BCUT2D eigenvalue weighted by Crippen LogP contribution is 2.53. The third kappa shape index (κ3) is 5.88. The van der Waals surface area contributed by atoms with Crippen LogP contribution in [0.25, 0.3) is 0 Å². The summed E-state index contributed by atoms with van der Waals surface area (Å²) < 4.78 is 42.6. The van der Waals surface area contributed by atoms with Gasteiger partial charge in [0.2, 0.25) is 5.91 Å². The molecule has 2 aliphatic rings. The lowest BCUT2D eigenvalue weighted by Crippen LogP contribution is -2.27. The number of alkyl halides is 3. The van der Waals surface area contributed by atoms with E-state index in [0.717, 1.165) is 36.9 Å². The summed E-state index contributed by atoms with van der Waals surface area (Å²) in [6, 6.07) is 7.78. The van der Waals surface area contributed by atoms with Crippen LogP contribution >= 0.6 is 0 Å². The smallest absolute Gasteiger partial charge is 0.475 e. The fourth-order valence-corrected chi connectivity index (χ4v) is 3.84. The minimum absolute atomic E-state index is 0.133. The van der Waals surface area contributed by atoms with Crippen LogP contribution in [-0.4, -0.2) is 41.1 Å². The molecule has 30 heavy (non-hydrogen) atoms. The third-order valence-electron chi connectivity index (χ3n) is 5.33. The molecule has 2 fully saturated rings. The number of halogens is 3. The fourth-order valence-electron chi connectivity index (χ4n) is 3.84. The van der Waals surface area contributed by atoms with E-state index in [9.17, 15) is 18.0 Å². The molecule has 3 heterocycles. The summed E-state index contributed by atoms with van der Waals surface area (Å²) >= 11 is 0. The van der Waals surface area contributed by atoms with Gasteiger partial charge in [-0.2, -0.15) is 13.2 Å². The predicted octanol–water partition coefficient (Wildman–Crippen LogP) is 3.20. The lowest BCUT2D eigenvalue weighted by atomic mass is 10.2. The van der Waals surface area contributed by atoms with Crippen LogP contribution in [0.2, 0.25) is 0 Å². The lowest BCUT2D eigenvalue weighted by Gasteiger charge is -2.17. The largest absolute Gasteiger partial charge is 0.490 e. The van der Waals surface area contributed by atoms with Crippen molar-refractivity contribution in [3.8, 4) is 0 Å². The predicted molar refractivity (Wildman–Crippen MR) is 98.1 cm³/mol. The monoisotopic (exact) mass is 428 g/mol. The van der Waals surface area contributed by atoms with Gasteiger partial charge in [0.15, 0.2) is 0 Å². The molecule has 1 amide bonds. The first-order valence-corrected chi connectivity index (χ1v) is 9.50. The number of nitrogens with zero attached hydrogens (tertiary/aromatic N) is 1. The van der Waals surface area contributed by atoms with E-state index in [4.69, 9.17) is 18.7 Å². The van der Waals surface area contributed by atoms with Gasteiger partial charge in [-0.05, 0) is 48.9 Å². The van der Waals surface area contributed by atoms with Crippen molar-refractivity contribution < 1.29 is 36.7 Å². The van der Waals surface area contributed by atoms with Crippen LogP contribution in [0, 0.1) is 24.7 Å². The minimum Gasteiger partial charge on any atom is -0.475 e. The number of rotatable bonds is 6. The maximum Gasteiger partial charge on any atom is 0.490 e. The average molecular weight is 428 g/mol. The molecule has 164 valence electrons. The Morgan fingerprint density at radius 1 is 1.20 bits per heavy atom. The van der Waals surface area contributed by atoms with Gasteiger partial charge in [-0.25, -0.2) is 4.79 Å². The summed E-state index contributed by atoms with van der Waals surface area (Å²) in [6.07, 6.45) is -2.81. The van der Waals surface area contributed by atoms with Gasteiger partial charge in [-0.3, -0.25) is 9.69 Å². The van der Waals surface area contributed by atoms with Crippen molar-refractivity contribution in [2.75, 3.05) is 13.1 Å². The van der Waals surface area contributed by atoms with E-state index < -0.39 is 12.1 Å². The first kappa shape index (κ1) is 21.9. The second-order valence-electron chi connectivity index (χ2n) is 7.56. The average Bonchev–Trinajstić information content (AvgIpc) is 3.17. The zero-order valence-electron chi connectivity index (χ0n) is 16.3. The Morgan fingerprint density at radius 2 is 1.87 bits per heavy atom. The lowest BCUT2D eigenvalue weighted by molar-refractivity contribution is -0.192. The highest BCUT2D eigenvalue weighted by molar-refractivity contribution is 5.76. The molecule has 1 aliphatic heterocycles. The van der Waals surface area contributed by atoms with Crippen molar-refractivity contribution in [1.82, 2.24) is 10.2 Å². The number of likely N-dealkylation sites (tertiary alicyclic amines) is 1. The molecule has 4 rings (SSSR count). The number of carboxylic acid groups (broad SMARTS) is 1. The fraction of sp³-hybridized carbons (Fsp3) is 0.500. The van der Waals surface area contributed by atoms with Gasteiger partial charge in [-0.1, -0.05) is 0 Å². The number of aryl methyl sites for hydroxylation is 1. The van der Waals surface area contributed by atoms with Gasteiger partial charge in [-0.15, -0.1) is 0 Å². The number of aliphatic carboxylic acids is 1. The number of fused-ring (bicyclic) bond motifs is 1. The zero-order valence-corrected chi connectivity index (χ0v) is 16.3. The Balaban J connectivity index is 0.000000318. The van der Waals surface area contributed by atoms with Crippen molar-refractivity contribution in [2.24, 2.45) is 17.8 Å². The van der Waals surface area contributed by atoms with Crippen LogP contribution in [-0.2, 0) is 22.7 Å². The van der Waals surface area contributed by atoms with Gasteiger partial charge in [0.1, 0.15) is 17.3 Å². The Bertz CT molecular complexity index is 850. The summed E-state index contributed by atoms with van der Waals surface area (Å²) in [6.45, 7) is 5.51. The molecule has 1 aliphatic carbocycles. The summed E-state index contributed by atoms with van der Waals surface area (Å²) in [7, 11) is 0. The molecular weight excluding hydrogens is 405 g/mol. The van der Waals surface area contributed by atoms with Crippen LogP contribution in [0.1, 0.15) is 23.7 Å². The number of carboxylic acids is 1. The number of hydrogen-bond acceptors (Lipinski definition) is 5. The standard InChI is InChI=1S/C18H22N2O3.C2HF3O2/c1-12-4-5-14(23-12)9-20-10-16-15(17(16)11-20)7-18(21)19-8-13-3-2-6-22-13;3-2(4,5)1(6)7/h2-6,15-17H,7-11H2,1H3,(H,19,21);(H,6,7)/t15?,16-,17+;. The maximum absolute atomic E-state index is 12.0. The van der Waals surface area contributed by atoms with E-state index in [-0.39, 0.29) is 5.91 Å². The first-order chi connectivity index (χ1) is 14.1. The number of piperidine rings is 1. The van der Waals surface area contributed by atoms with Crippen molar-refractivity contribution in [2.45, 2.75) is 32.6 Å². The zero-order chi connectivity index (χ0) is 21.9. The summed E-state index contributed by atoms with van der Waals surface area (Å²) in [5.74, 6) is 2.10. The van der Waals surface area contributed by atoms with E-state index in [1.54, 1.807) is 6.26 Å². The molecule has 0 radical (unpaired) electrons. The summed E-state index contributed by atoms with van der Waals surface area (Å²) in [4.78, 5) is 23.3. The van der Waals surface area contributed by atoms with Crippen LogP contribution in [0.5, 0.6) is 0 Å². The van der Waals surface area contributed by atoms with Crippen LogP contribution < -0.4 is 5.32 Å². The van der Waals surface area contributed by atoms with Crippen LogP contribution in [0.3, 0.4) is 0 Å². The molecule has 1 saturated heterocycles. The molecule has 7 nitrogen and oxygen atoms in total. The molecule has 2 N–H and O–H groups in total. The Hall–Kier alpha value is -2.75. The summed E-state index contributed by atoms with van der Waals surface area (Å²) in [5.41, 5.74) is 0. The number of carbonyl (C=O) groups excluding carboxylic acids is 1. The molecule has 10 heteroatoms. The van der Waals surface area contributed by atoms with Gasteiger partial charge >= 0.3 is 12.1 Å². The first-order valence-electron chi connectivity index (χ1n) is 9.50. The minimum atomic E-state index is -5.08. The molecular formula is C20H23F3N2O5. The van der Waals surface area contributed by atoms with Crippen LogP contribution in [0.4, 0.5) is 13.2 Å². The van der Waals surface area contributed by atoms with Crippen LogP contribution in [0.15, 0.2) is 39.4 Å². The summed E-state index contributed by atoms with van der Waals surface area (Å²) in [5, 5.41) is 10.1. The number of nitrogens with one attached hydrogen (secondary N) is 1.